The van der Waals surface area contributed by atoms with Crippen LogP contribution in [0.2, 0.25) is 0 Å². The molecule has 0 radical (unpaired) electrons. The number of hydrogen-bond acceptors (Lipinski definition) is 1. The van der Waals surface area contributed by atoms with Crippen LogP contribution in [-0.4, -0.2) is 0 Å². The van der Waals surface area contributed by atoms with Crippen molar-refractivity contribution in [1.29, 1.82) is 0 Å². The molecule has 0 amide bonds. The first kappa shape index (κ1) is 23.9. The van der Waals surface area contributed by atoms with E-state index in [1.54, 1.807) is 0 Å². The molecule has 1 heterocycles. The minimum Gasteiger partial charge on any atom is -0.134 e. The van der Waals surface area contributed by atoms with E-state index in [9.17, 15) is 0 Å². The molecule has 0 atom stereocenters. The van der Waals surface area contributed by atoms with Crippen molar-refractivity contribution < 1.29 is 0 Å². The Labute approximate surface area is 249 Å². The quantitative estimate of drug-likeness (QED) is 0.200. The summed E-state index contributed by atoms with van der Waals surface area (Å²) >= 11 is 1.92. The van der Waals surface area contributed by atoms with Crippen LogP contribution in [-0.2, 0) is 5.41 Å². The number of rotatable bonds is 2. The molecular weight excluding hydrogens is 525 g/mol. The van der Waals surface area contributed by atoms with Gasteiger partial charge in [0.25, 0.3) is 0 Å². The second kappa shape index (κ2) is 8.64. The first-order chi connectivity index (χ1) is 20.6. The van der Waals surface area contributed by atoms with Gasteiger partial charge < -0.3 is 0 Å². The van der Waals surface area contributed by atoms with Crippen molar-refractivity contribution >= 4 is 53.1 Å². The Kier molecular flexibility index (Phi) is 4.93. The van der Waals surface area contributed by atoms with Crippen LogP contribution in [0.3, 0.4) is 0 Å². The minimum atomic E-state index is 0.00753. The van der Waals surface area contributed by atoms with Crippen molar-refractivity contribution in [2.45, 2.75) is 19.3 Å². The van der Waals surface area contributed by atoms with Crippen molar-refractivity contribution in [2.24, 2.45) is 0 Å². The van der Waals surface area contributed by atoms with Crippen molar-refractivity contribution in [2.75, 3.05) is 0 Å². The van der Waals surface area contributed by atoms with Crippen LogP contribution < -0.4 is 0 Å². The van der Waals surface area contributed by atoms with Crippen LogP contribution >= 0.6 is 11.3 Å². The molecule has 0 unspecified atom stereocenters. The van der Waals surface area contributed by atoms with Gasteiger partial charge in [-0.05, 0) is 84.3 Å². The molecule has 8 aromatic rings. The fourth-order valence-electron chi connectivity index (χ4n) is 7.23. The lowest BCUT2D eigenvalue weighted by molar-refractivity contribution is 0.660. The highest BCUT2D eigenvalue weighted by molar-refractivity contribution is 7.27. The fourth-order valence-corrected chi connectivity index (χ4v) is 8.60. The third-order valence-corrected chi connectivity index (χ3v) is 10.7. The van der Waals surface area contributed by atoms with Crippen LogP contribution in [0, 0.1) is 0 Å². The predicted molar refractivity (Wildman–Crippen MR) is 183 cm³/mol. The van der Waals surface area contributed by atoms with Crippen molar-refractivity contribution in [1.82, 2.24) is 0 Å². The first-order valence-corrected chi connectivity index (χ1v) is 15.5. The van der Waals surface area contributed by atoms with Gasteiger partial charge in [0.1, 0.15) is 0 Å². The molecule has 1 aromatic heterocycles. The van der Waals surface area contributed by atoms with E-state index in [1.807, 2.05) is 11.3 Å². The number of benzene rings is 7. The van der Waals surface area contributed by atoms with Gasteiger partial charge in [0.05, 0.1) is 0 Å². The van der Waals surface area contributed by atoms with Crippen LogP contribution in [0.1, 0.15) is 25.0 Å². The molecular formula is C41H28S. The molecule has 0 spiro atoms. The summed E-state index contributed by atoms with van der Waals surface area (Å²) in [6, 6.07) is 49.8. The summed E-state index contributed by atoms with van der Waals surface area (Å²) in [4.78, 5) is 0. The summed E-state index contributed by atoms with van der Waals surface area (Å²) in [5, 5.41) is 7.88. The molecule has 0 nitrogen and oxygen atoms in total. The van der Waals surface area contributed by atoms with Gasteiger partial charge in [-0.2, -0.15) is 0 Å². The van der Waals surface area contributed by atoms with E-state index >= 15 is 0 Å². The molecule has 1 heteroatoms. The molecule has 1 aliphatic carbocycles. The van der Waals surface area contributed by atoms with Gasteiger partial charge >= 0.3 is 0 Å². The highest BCUT2D eigenvalue weighted by Gasteiger charge is 2.35. The monoisotopic (exact) mass is 552 g/mol. The van der Waals surface area contributed by atoms with E-state index in [-0.39, 0.29) is 5.41 Å². The van der Waals surface area contributed by atoms with E-state index in [0.717, 1.165) is 0 Å². The normalized spacial score (nSPS) is 13.7. The number of fused-ring (bicyclic) bond motifs is 9. The Morgan fingerprint density at radius 1 is 0.405 bits per heavy atom. The summed E-state index contributed by atoms with van der Waals surface area (Å²) in [6.07, 6.45) is 0. The zero-order valence-electron chi connectivity index (χ0n) is 23.6. The second-order valence-corrected chi connectivity index (χ2v) is 13.2. The standard InChI is InChI=1S/C41H28S/c1-41(2)37-13-6-5-10-33(37)34-20-19-29(24-38(34)41)27-14-15-28-23-30(17-16-26(28)22-27)32-11-7-12-35-36-21-18-25-8-3-4-9-31(25)39(36)42-40(32)35/h3-24H,1-2H3. The molecule has 9 rings (SSSR count). The number of hydrogen-bond donors (Lipinski definition) is 0. The van der Waals surface area contributed by atoms with E-state index < -0.39 is 0 Å². The summed E-state index contributed by atoms with van der Waals surface area (Å²) < 4.78 is 2.74. The third kappa shape index (κ3) is 3.35. The highest BCUT2D eigenvalue weighted by atomic mass is 32.1. The predicted octanol–water partition coefficient (Wildman–Crippen LogP) is 12.0. The van der Waals surface area contributed by atoms with E-state index in [4.69, 9.17) is 0 Å². The fraction of sp³-hybridized carbons (Fsp3) is 0.0732. The summed E-state index contributed by atoms with van der Waals surface area (Å²) in [5.74, 6) is 0. The van der Waals surface area contributed by atoms with Gasteiger partial charge in [-0.25, -0.2) is 0 Å². The molecule has 0 aliphatic heterocycles. The van der Waals surface area contributed by atoms with E-state index in [2.05, 4.69) is 147 Å². The summed E-state index contributed by atoms with van der Waals surface area (Å²) in [5.41, 5.74) is 10.7. The summed E-state index contributed by atoms with van der Waals surface area (Å²) in [7, 11) is 0. The number of thiophene rings is 1. The van der Waals surface area contributed by atoms with Gasteiger partial charge in [-0.3, -0.25) is 0 Å². The van der Waals surface area contributed by atoms with Crippen LogP contribution in [0.4, 0.5) is 0 Å². The van der Waals surface area contributed by atoms with Gasteiger partial charge in [0.15, 0.2) is 0 Å². The topological polar surface area (TPSA) is 0 Å². The van der Waals surface area contributed by atoms with Crippen LogP contribution in [0.25, 0.3) is 75.1 Å². The highest BCUT2D eigenvalue weighted by Crippen LogP contribution is 2.49. The third-order valence-electron chi connectivity index (χ3n) is 9.46. The average Bonchev–Trinajstić information content (AvgIpc) is 3.53. The first-order valence-electron chi connectivity index (χ1n) is 14.7. The molecule has 0 saturated heterocycles. The Balaban J connectivity index is 1.14. The smallest absolute Gasteiger partial charge is 0.0434 e. The lowest BCUT2D eigenvalue weighted by Crippen LogP contribution is -2.14. The lowest BCUT2D eigenvalue weighted by atomic mass is 9.81. The molecule has 0 bridgehead atoms. The van der Waals surface area contributed by atoms with Gasteiger partial charge in [0, 0.05) is 25.6 Å². The van der Waals surface area contributed by atoms with Crippen molar-refractivity contribution in [3.05, 3.63) is 145 Å². The van der Waals surface area contributed by atoms with Crippen LogP contribution in [0.15, 0.2) is 133 Å². The van der Waals surface area contributed by atoms with Crippen molar-refractivity contribution in [3.8, 4) is 33.4 Å². The summed E-state index contributed by atoms with van der Waals surface area (Å²) in [6.45, 7) is 4.70. The minimum absolute atomic E-state index is 0.00753. The Morgan fingerprint density at radius 3 is 1.93 bits per heavy atom. The second-order valence-electron chi connectivity index (χ2n) is 12.2. The molecule has 0 fully saturated rings. The van der Waals surface area contributed by atoms with E-state index in [0.29, 0.717) is 0 Å². The lowest BCUT2D eigenvalue weighted by Gasteiger charge is -2.22. The largest absolute Gasteiger partial charge is 0.134 e. The van der Waals surface area contributed by atoms with Gasteiger partial charge in [-0.15, -0.1) is 11.3 Å². The van der Waals surface area contributed by atoms with Crippen LogP contribution in [0.5, 0.6) is 0 Å². The average molecular weight is 553 g/mol. The Morgan fingerprint density at radius 2 is 1.02 bits per heavy atom. The van der Waals surface area contributed by atoms with E-state index in [1.165, 1.54) is 86.2 Å². The maximum Gasteiger partial charge on any atom is 0.0434 e. The Hall–Kier alpha value is -4.72. The maximum atomic E-state index is 2.41. The maximum absolute atomic E-state index is 2.41. The SMILES string of the molecule is CC1(C)c2ccccc2-c2ccc(-c3ccc4cc(-c5cccc6c5sc5c7ccccc7ccc65)ccc4c3)cc21. The molecule has 1 aliphatic rings. The molecule has 198 valence electrons. The molecule has 7 aromatic carbocycles. The van der Waals surface area contributed by atoms with Crippen molar-refractivity contribution in [3.63, 3.8) is 0 Å². The molecule has 0 saturated carbocycles. The molecule has 0 N–H and O–H groups in total. The van der Waals surface area contributed by atoms with Gasteiger partial charge in [0.2, 0.25) is 0 Å². The Bertz CT molecular complexity index is 2380. The zero-order valence-corrected chi connectivity index (χ0v) is 24.4. The molecule has 42 heavy (non-hydrogen) atoms. The van der Waals surface area contributed by atoms with Gasteiger partial charge in [-0.1, -0.05) is 129 Å². The zero-order chi connectivity index (χ0) is 28.0.